The topological polar surface area (TPSA) is 87.7 Å². The molecule has 1 rings (SSSR count). The first kappa shape index (κ1) is 17.8. The molecule has 2 N–H and O–H groups in total. The lowest BCUT2D eigenvalue weighted by Crippen LogP contribution is -2.53. The number of rotatable bonds is 5. The summed E-state index contributed by atoms with van der Waals surface area (Å²) in [5.41, 5.74) is 0. The Hall–Kier alpha value is -1.28. The van der Waals surface area contributed by atoms with E-state index >= 15 is 0 Å². The van der Waals surface area contributed by atoms with Crippen LogP contribution in [0.1, 0.15) is 20.8 Å². The number of imide groups is 1. The highest BCUT2D eigenvalue weighted by atomic mass is 32.2. The number of nitrogens with zero attached hydrogens (tertiary/aromatic N) is 1. The normalized spacial score (nSPS) is 19.1. The largest absolute Gasteiger partial charge is 0.465 e. The molecule has 8 heteroatoms. The van der Waals surface area contributed by atoms with E-state index in [9.17, 15) is 14.4 Å². The van der Waals surface area contributed by atoms with E-state index < -0.39 is 18.0 Å². The minimum absolute atomic E-state index is 0.00948. The van der Waals surface area contributed by atoms with Crippen LogP contribution < -0.4 is 10.6 Å². The van der Waals surface area contributed by atoms with Gasteiger partial charge in [0.1, 0.15) is 6.04 Å². The number of hydrogen-bond donors (Lipinski definition) is 2. The predicted octanol–water partition coefficient (Wildman–Crippen LogP) is 0.201. The molecule has 0 aromatic carbocycles. The number of carbonyl (C=O) groups is 3. The molecule has 0 saturated carbocycles. The summed E-state index contributed by atoms with van der Waals surface area (Å²) in [6.07, 6.45) is 0. The van der Waals surface area contributed by atoms with E-state index in [0.29, 0.717) is 18.9 Å². The van der Waals surface area contributed by atoms with E-state index in [1.165, 1.54) is 0 Å². The van der Waals surface area contributed by atoms with Crippen molar-refractivity contribution in [3.8, 4) is 0 Å². The van der Waals surface area contributed by atoms with Crippen LogP contribution in [0.25, 0.3) is 0 Å². The van der Waals surface area contributed by atoms with Crippen LogP contribution in [0.2, 0.25) is 0 Å². The van der Waals surface area contributed by atoms with Gasteiger partial charge in [0.15, 0.2) is 0 Å². The summed E-state index contributed by atoms with van der Waals surface area (Å²) in [4.78, 5) is 36.9. The Labute approximate surface area is 129 Å². The van der Waals surface area contributed by atoms with Gasteiger partial charge in [-0.2, -0.15) is 11.8 Å². The highest BCUT2D eigenvalue weighted by Gasteiger charge is 2.31. The lowest BCUT2D eigenvalue weighted by Gasteiger charge is -2.32. The van der Waals surface area contributed by atoms with Crippen LogP contribution in [0.15, 0.2) is 0 Å². The molecule has 1 aliphatic rings. The summed E-state index contributed by atoms with van der Waals surface area (Å²) >= 11 is 1.66. The van der Waals surface area contributed by atoms with Crippen molar-refractivity contribution in [2.75, 3.05) is 31.2 Å². The van der Waals surface area contributed by atoms with Gasteiger partial charge in [0, 0.05) is 24.1 Å². The second kappa shape index (κ2) is 8.89. The van der Waals surface area contributed by atoms with Crippen molar-refractivity contribution < 1.29 is 19.1 Å². The fourth-order valence-corrected chi connectivity index (χ4v) is 3.03. The lowest BCUT2D eigenvalue weighted by molar-refractivity contribution is -0.149. The zero-order chi connectivity index (χ0) is 15.8. The number of ether oxygens (including phenoxy) is 1. The van der Waals surface area contributed by atoms with Crippen LogP contribution in [0.4, 0.5) is 4.79 Å². The van der Waals surface area contributed by atoms with Gasteiger partial charge in [-0.1, -0.05) is 0 Å². The second-order valence-corrected chi connectivity index (χ2v) is 6.14. The SMILES string of the molecule is CCOC(=O)[C@H]1CSCCN1CC(=O)NC(=O)NC(C)C. The zero-order valence-electron chi connectivity index (χ0n) is 12.7. The van der Waals surface area contributed by atoms with Gasteiger partial charge in [-0.3, -0.25) is 19.8 Å². The molecular formula is C13H23N3O4S. The molecule has 7 nitrogen and oxygen atoms in total. The highest BCUT2D eigenvalue weighted by Crippen LogP contribution is 2.17. The van der Waals surface area contributed by atoms with E-state index in [1.807, 2.05) is 13.8 Å². The molecule has 0 aromatic heterocycles. The van der Waals surface area contributed by atoms with Gasteiger partial charge in [0.25, 0.3) is 0 Å². The third-order valence-electron chi connectivity index (χ3n) is 2.82. The minimum Gasteiger partial charge on any atom is -0.465 e. The molecule has 0 radical (unpaired) electrons. The van der Waals surface area contributed by atoms with Gasteiger partial charge in [-0.05, 0) is 20.8 Å². The van der Waals surface area contributed by atoms with E-state index in [-0.39, 0.29) is 18.6 Å². The Morgan fingerprint density at radius 1 is 1.38 bits per heavy atom. The number of carbonyl (C=O) groups excluding carboxylic acids is 3. The van der Waals surface area contributed by atoms with E-state index in [4.69, 9.17) is 4.74 Å². The maximum absolute atomic E-state index is 11.9. The quantitative estimate of drug-likeness (QED) is 0.705. The van der Waals surface area contributed by atoms with Gasteiger partial charge in [-0.25, -0.2) is 4.79 Å². The Bertz CT molecular complexity index is 390. The number of thioether (sulfide) groups is 1. The number of urea groups is 1. The number of nitrogens with one attached hydrogen (secondary N) is 2. The molecule has 0 spiro atoms. The van der Waals surface area contributed by atoms with Crippen LogP contribution in [0.5, 0.6) is 0 Å². The van der Waals surface area contributed by atoms with Crippen molar-refractivity contribution in [1.82, 2.24) is 15.5 Å². The molecule has 1 atom stereocenters. The average molecular weight is 317 g/mol. The van der Waals surface area contributed by atoms with Crippen molar-refractivity contribution in [1.29, 1.82) is 0 Å². The summed E-state index contributed by atoms with van der Waals surface area (Å²) < 4.78 is 5.02. The van der Waals surface area contributed by atoms with Gasteiger partial charge >= 0.3 is 12.0 Å². The number of hydrogen-bond acceptors (Lipinski definition) is 6. The van der Waals surface area contributed by atoms with Gasteiger partial charge in [0.05, 0.1) is 13.2 Å². The van der Waals surface area contributed by atoms with Crippen molar-refractivity contribution in [3.63, 3.8) is 0 Å². The van der Waals surface area contributed by atoms with Crippen LogP contribution >= 0.6 is 11.8 Å². The van der Waals surface area contributed by atoms with Crippen LogP contribution in [0, 0.1) is 0 Å². The molecule has 1 fully saturated rings. The molecule has 1 aliphatic heterocycles. The fourth-order valence-electron chi connectivity index (χ4n) is 1.93. The van der Waals surface area contributed by atoms with E-state index in [1.54, 1.807) is 23.6 Å². The Morgan fingerprint density at radius 3 is 2.71 bits per heavy atom. The first-order valence-electron chi connectivity index (χ1n) is 7.02. The lowest BCUT2D eigenvalue weighted by atomic mass is 10.2. The maximum Gasteiger partial charge on any atom is 0.324 e. The molecule has 0 aliphatic carbocycles. The smallest absolute Gasteiger partial charge is 0.324 e. The molecule has 0 bridgehead atoms. The first-order valence-corrected chi connectivity index (χ1v) is 8.18. The molecule has 0 unspecified atom stereocenters. The van der Waals surface area contributed by atoms with Gasteiger partial charge < -0.3 is 10.1 Å². The summed E-state index contributed by atoms with van der Waals surface area (Å²) in [6, 6.07) is -0.992. The summed E-state index contributed by atoms with van der Waals surface area (Å²) in [6.45, 7) is 6.31. The minimum atomic E-state index is -0.519. The van der Waals surface area contributed by atoms with Crippen LogP contribution in [0.3, 0.4) is 0 Å². The number of amides is 3. The summed E-state index contributed by atoms with van der Waals surface area (Å²) in [5.74, 6) is 0.713. The highest BCUT2D eigenvalue weighted by molar-refractivity contribution is 7.99. The van der Waals surface area contributed by atoms with Gasteiger partial charge in [0.2, 0.25) is 5.91 Å². The molecule has 21 heavy (non-hydrogen) atoms. The Balaban J connectivity index is 2.51. The Morgan fingerprint density at radius 2 is 2.10 bits per heavy atom. The number of esters is 1. The maximum atomic E-state index is 11.9. The fraction of sp³-hybridized carbons (Fsp3) is 0.769. The van der Waals surface area contributed by atoms with E-state index in [2.05, 4.69) is 10.6 Å². The van der Waals surface area contributed by atoms with Crippen molar-refractivity contribution in [3.05, 3.63) is 0 Å². The van der Waals surface area contributed by atoms with Crippen molar-refractivity contribution in [2.24, 2.45) is 0 Å². The summed E-state index contributed by atoms with van der Waals surface area (Å²) in [5, 5.41) is 4.84. The van der Waals surface area contributed by atoms with Gasteiger partial charge in [-0.15, -0.1) is 0 Å². The molecule has 3 amide bonds. The Kier molecular flexibility index (Phi) is 7.52. The van der Waals surface area contributed by atoms with Crippen LogP contribution in [-0.2, 0) is 14.3 Å². The molecular weight excluding hydrogens is 294 g/mol. The monoisotopic (exact) mass is 317 g/mol. The predicted molar refractivity (Wildman–Crippen MR) is 81.1 cm³/mol. The standard InChI is InChI=1S/C13H23N3O4S/c1-4-20-12(18)10-8-21-6-5-16(10)7-11(17)15-13(19)14-9(2)3/h9-10H,4-8H2,1-3H3,(H2,14,15,17,19)/t10-/m1/s1. The molecule has 120 valence electrons. The third-order valence-corrected chi connectivity index (χ3v) is 3.84. The molecule has 1 saturated heterocycles. The molecule has 0 aromatic rings. The molecule has 1 heterocycles. The summed E-state index contributed by atoms with van der Waals surface area (Å²) in [7, 11) is 0. The van der Waals surface area contributed by atoms with Crippen LogP contribution in [-0.4, -0.2) is 66.1 Å². The second-order valence-electron chi connectivity index (χ2n) is 4.99. The first-order chi connectivity index (χ1) is 9.93. The third kappa shape index (κ3) is 6.34. The zero-order valence-corrected chi connectivity index (χ0v) is 13.5. The van der Waals surface area contributed by atoms with E-state index in [0.717, 1.165) is 5.75 Å². The van der Waals surface area contributed by atoms with Crippen molar-refractivity contribution >= 4 is 29.7 Å². The van der Waals surface area contributed by atoms with Crippen molar-refractivity contribution in [2.45, 2.75) is 32.9 Å². The average Bonchev–Trinajstić information content (AvgIpc) is 2.38.